The second-order valence-corrected chi connectivity index (χ2v) is 6.68. The lowest BCUT2D eigenvalue weighted by Crippen LogP contribution is -2.43. The summed E-state index contributed by atoms with van der Waals surface area (Å²) in [5, 5.41) is 0. The van der Waals surface area contributed by atoms with Crippen LogP contribution in [-0.2, 0) is 10.2 Å². The molecule has 0 aromatic carbocycles. The van der Waals surface area contributed by atoms with Gasteiger partial charge >= 0.3 is 0 Å². The van der Waals surface area contributed by atoms with Crippen LogP contribution in [0.5, 0.6) is 0 Å². The summed E-state index contributed by atoms with van der Waals surface area (Å²) in [5.41, 5.74) is 5.37. The molecular formula is C10H25N3O2S. The Morgan fingerprint density at radius 1 is 1.31 bits per heavy atom. The summed E-state index contributed by atoms with van der Waals surface area (Å²) >= 11 is 0. The first-order valence-corrected chi connectivity index (χ1v) is 7.14. The van der Waals surface area contributed by atoms with E-state index in [1.54, 1.807) is 13.8 Å². The van der Waals surface area contributed by atoms with Crippen molar-refractivity contribution < 1.29 is 8.42 Å². The monoisotopic (exact) mass is 251 g/mol. The Hall–Kier alpha value is -0.170. The van der Waals surface area contributed by atoms with Crippen LogP contribution in [0.3, 0.4) is 0 Å². The van der Waals surface area contributed by atoms with Crippen LogP contribution in [0.2, 0.25) is 0 Å². The Balaban J connectivity index is 4.12. The van der Waals surface area contributed by atoms with E-state index in [1.807, 2.05) is 13.8 Å². The molecule has 16 heavy (non-hydrogen) atoms. The lowest BCUT2D eigenvalue weighted by atomic mass is 9.88. The molecule has 0 aromatic rings. The maximum atomic E-state index is 11.5. The smallest absolute Gasteiger partial charge is 0.277 e. The SMILES string of the molecule is CC(C)NS(=O)(=O)NCC(C)(C)CCCN. The van der Waals surface area contributed by atoms with Gasteiger partial charge in [-0.15, -0.1) is 0 Å². The summed E-state index contributed by atoms with van der Waals surface area (Å²) < 4.78 is 28.1. The molecule has 0 heterocycles. The highest BCUT2D eigenvalue weighted by atomic mass is 32.2. The van der Waals surface area contributed by atoms with Crippen LogP contribution in [0, 0.1) is 5.41 Å². The van der Waals surface area contributed by atoms with Gasteiger partial charge in [0.05, 0.1) is 0 Å². The van der Waals surface area contributed by atoms with E-state index in [9.17, 15) is 8.42 Å². The summed E-state index contributed by atoms with van der Waals surface area (Å²) in [7, 11) is -3.37. The van der Waals surface area contributed by atoms with E-state index < -0.39 is 10.2 Å². The van der Waals surface area contributed by atoms with E-state index in [0.29, 0.717) is 13.1 Å². The zero-order valence-electron chi connectivity index (χ0n) is 10.7. The lowest BCUT2D eigenvalue weighted by Gasteiger charge is -2.25. The van der Waals surface area contributed by atoms with Crippen LogP contribution in [0.4, 0.5) is 0 Å². The van der Waals surface area contributed by atoms with Crippen molar-refractivity contribution >= 4 is 10.2 Å². The Labute approximate surface area is 99.4 Å². The normalized spacial score (nSPS) is 13.4. The van der Waals surface area contributed by atoms with Crippen molar-refractivity contribution in [2.75, 3.05) is 13.1 Å². The van der Waals surface area contributed by atoms with E-state index in [-0.39, 0.29) is 11.5 Å². The average molecular weight is 251 g/mol. The van der Waals surface area contributed by atoms with E-state index in [1.165, 1.54) is 0 Å². The summed E-state index contributed by atoms with van der Waals surface area (Å²) in [6.07, 6.45) is 1.82. The topological polar surface area (TPSA) is 84.2 Å². The zero-order chi connectivity index (χ0) is 12.8. The van der Waals surface area contributed by atoms with Gasteiger partial charge in [-0.3, -0.25) is 0 Å². The predicted octanol–water partition coefficient (Wildman–Crippen LogP) is 0.584. The molecule has 0 aliphatic rings. The summed E-state index contributed by atoms with van der Waals surface area (Å²) in [5.74, 6) is 0. The van der Waals surface area contributed by atoms with Gasteiger partial charge in [-0.05, 0) is 38.6 Å². The summed E-state index contributed by atoms with van der Waals surface area (Å²) in [4.78, 5) is 0. The molecule has 0 rings (SSSR count). The van der Waals surface area contributed by atoms with Crippen molar-refractivity contribution in [2.45, 2.75) is 46.6 Å². The molecule has 0 aliphatic heterocycles. The molecule has 0 amide bonds. The van der Waals surface area contributed by atoms with Crippen LogP contribution in [0.15, 0.2) is 0 Å². The number of rotatable bonds is 8. The van der Waals surface area contributed by atoms with Gasteiger partial charge in [0.15, 0.2) is 0 Å². The maximum absolute atomic E-state index is 11.5. The molecule has 4 N–H and O–H groups in total. The van der Waals surface area contributed by atoms with Crippen molar-refractivity contribution in [1.29, 1.82) is 0 Å². The van der Waals surface area contributed by atoms with Gasteiger partial charge in [0.2, 0.25) is 0 Å². The molecule has 0 aliphatic carbocycles. The molecule has 6 heteroatoms. The third-order valence-electron chi connectivity index (χ3n) is 2.19. The lowest BCUT2D eigenvalue weighted by molar-refractivity contribution is 0.326. The number of nitrogens with two attached hydrogens (primary N) is 1. The van der Waals surface area contributed by atoms with Gasteiger partial charge in [-0.1, -0.05) is 13.8 Å². The minimum atomic E-state index is -3.37. The fourth-order valence-electron chi connectivity index (χ4n) is 1.31. The maximum Gasteiger partial charge on any atom is 0.277 e. The Bertz CT molecular complexity index is 286. The molecule has 0 saturated heterocycles. The minimum absolute atomic E-state index is 0.0644. The third-order valence-corrected chi connectivity index (χ3v) is 3.50. The molecular weight excluding hydrogens is 226 g/mol. The average Bonchev–Trinajstić information content (AvgIpc) is 2.10. The van der Waals surface area contributed by atoms with Gasteiger partial charge < -0.3 is 5.73 Å². The Morgan fingerprint density at radius 2 is 1.88 bits per heavy atom. The van der Waals surface area contributed by atoms with Gasteiger partial charge in [0, 0.05) is 12.6 Å². The molecule has 0 spiro atoms. The minimum Gasteiger partial charge on any atom is -0.330 e. The van der Waals surface area contributed by atoms with E-state index >= 15 is 0 Å². The molecule has 0 radical (unpaired) electrons. The number of hydrogen-bond donors (Lipinski definition) is 3. The summed E-state index contributed by atoms with van der Waals surface area (Å²) in [6.45, 7) is 8.70. The highest BCUT2D eigenvalue weighted by Crippen LogP contribution is 2.20. The zero-order valence-corrected chi connectivity index (χ0v) is 11.5. The standard InChI is InChI=1S/C10H25N3O2S/c1-9(2)13-16(14,15)12-8-10(3,4)6-5-7-11/h9,12-13H,5-8,11H2,1-4H3. The Morgan fingerprint density at radius 3 is 2.31 bits per heavy atom. The second kappa shape index (κ2) is 6.54. The fraction of sp³-hybridized carbons (Fsp3) is 1.00. The molecule has 0 unspecified atom stereocenters. The van der Waals surface area contributed by atoms with Gasteiger partial charge in [0.1, 0.15) is 0 Å². The summed E-state index contributed by atoms with van der Waals surface area (Å²) in [6, 6.07) is -0.0929. The van der Waals surface area contributed by atoms with Crippen LogP contribution >= 0.6 is 0 Å². The molecule has 0 atom stereocenters. The highest BCUT2D eigenvalue weighted by molar-refractivity contribution is 7.87. The fourth-order valence-corrected chi connectivity index (χ4v) is 2.60. The van der Waals surface area contributed by atoms with Crippen molar-refractivity contribution in [3.05, 3.63) is 0 Å². The second-order valence-electron chi connectivity index (χ2n) is 5.15. The van der Waals surface area contributed by atoms with E-state index in [4.69, 9.17) is 5.73 Å². The van der Waals surface area contributed by atoms with Crippen molar-refractivity contribution in [3.63, 3.8) is 0 Å². The predicted molar refractivity (Wildman–Crippen MR) is 67.3 cm³/mol. The third kappa shape index (κ3) is 8.04. The first-order chi connectivity index (χ1) is 7.18. The molecule has 0 bridgehead atoms. The molecule has 0 saturated carbocycles. The quantitative estimate of drug-likeness (QED) is 0.590. The van der Waals surface area contributed by atoms with Crippen LogP contribution in [0.1, 0.15) is 40.5 Å². The first kappa shape index (κ1) is 15.8. The van der Waals surface area contributed by atoms with Crippen molar-refractivity contribution in [1.82, 2.24) is 9.44 Å². The largest absolute Gasteiger partial charge is 0.330 e. The molecule has 0 fully saturated rings. The Kier molecular flexibility index (Phi) is 6.47. The van der Waals surface area contributed by atoms with Gasteiger partial charge in [-0.25, -0.2) is 4.72 Å². The molecule has 98 valence electrons. The first-order valence-electron chi connectivity index (χ1n) is 5.65. The van der Waals surface area contributed by atoms with Crippen molar-refractivity contribution in [2.24, 2.45) is 11.1 Å². The van der Waals surface area contributed by atoms with Crippen LogP contribution < -0.4 is 15.2 Å². The molecule has 0 aromatic heterocycles. The van der Waals surface area contributed by atoms with Crippen LogP contribution in [-0.4, -0.2) is 27.5 Å². The van der Waals surface area contributed by atoms with Gasteiger partial charge in [-0.2, -0.15) is 13.1 Å². The molecule has 5 nitrogen and oxygen atoms in total. The van der Waals surface area contributed by atoms with Gasteiger partial charge in [0.25, 0.3) is 10.2 Å². The van der Waals surface area contributed by atoms with Crippen LogP contribution in [0.25, 0.3) is 0 Å². The van der Waals surface area contributed by atoms with E-state index in [0.717, 1.165) is 12.8 Å². The van der Waals surface area contributed by atoms with Crippen molar-refractivity contribution in [3.8, 4) is 0 Å². The highest BCUT2D eigenvalue weighted by Gasteiger charge is 2.20. The van der Waals surface area contributed by atoms with E-state index in [2.05, 4.69) is 9.44 Å². The number of hydrogen-bond acceptors (Lipinski definition) is 3. The number of nitrogens with one attached hydrogen (secondary N) is 2.